The van der Waals surface area contributed by atoms with E-state index in [0.29, 0.717) is 0 Å². The number of benzene rings is 10. The van der Waals surface area contributed by atoms with Crippen molar-refractivity contribution in [1.29, 1.82) is 0 Å². The van der Waals surface area contributed by atoms with Gasteiger partial charge < -0.3 is 0 Å². The molecule has 12 aromatic rings. The van der Waals surface area contributed by atoms with Gasteiger partial charge in [-0.25, -0.2) is 0 Å². The Kier molecular flexibility index (Phi) is 6.15. The van der Waals surface area contributed by atoms with Crippen molar-refractivity contribution >= 4 is 75.4 Å². The first kappa shape index (κ1) is 29.5. The molecule has 0 heteroatoms. The third kappa shape index (κ3) is 4.26. The van der Waals surface area contributed by atoms with Gasteiger partial charge in [-0.3, -0.25) is 0 Å². The van der Waals surface area contributed by atoms with Crippen LogP contribution in [0.2, 0.25) is 0 Å². The average Bonchev–Trinajstić information content (AvgIpc) is 3.74. The molecule has 0 fully saturated rings. The van der Waals surface area contributed by atoms with E-state index in [2.05, 4.69) is 194 Å². The summed E-state index contributed by atoms with van der Waals surface area (Å²) in [7, 11) is 0. The lowest BCUT2D eigenvalue weighted by Gasteiger charge is -2.13. The second-order valence-electron chi connectivity index (χ2n) is 14.8. The van der Waals surface area contributed by atoms with Crippen LogP contribution in [-0.4, -0.2) is 0 Å². The summed E-state index contributed by atoms with van der Waals surface area (Å²) in [6.07, 6.45) is 0. The summed E-state index contributed by atoms with van der Waals surface area (Å²) in [5, 5.41) is 18.5. The second kappa shape index (κ2) is 11.2. The van der Waals surface area contributed by atoms with Crippen LogP contribution in [-0.2, 0) is 0 Å². The van der Waals surface area contributed by atoms with E-state index in [1.54, 1.807) is 0 Å². The Labute approximate surface area is 312 Å². The predicted octanol–water partition coefficient (Wildman–Crippen LogP) is 15.3. The summed E-state index contributed by atoms with van der Waals surface area (Å²) in [6.45, 7) is 0. The molecule has 0 saturated heterocycles. The van der Waals surface area contributed by atoms with Gasteiger partial charge in [-0.05, 0) is 168 Å². The molecular formula is C54H32. The van der Waals surface area contributed by atoms with Crippen LogP contribution < -0.4 is 0 Å². The Morgan fingerprint density at radius 2 is 0.407 bits per heavy atom. The maximum atomic E-state index is 2.51. The first-order valence-electron chi connectivity index (χ1n) is 18.8. The Morgan fingerprint density at radius 3 is 0.759 bits per heavy atom. The van der Waals surface area contributed by atoms with Crippen molar-refractivity contribution in [3.8, 4) is 44.5 Å². The minimum Gasteiger partial charge on any atom is -0.0622 e. The standard InChI is InChI=1S/C54H32/c1-5-13-33(14-6-1)37-21-23-41-43(25-37)51-31-45-46(49-29-39(27-47(41)53(49)51)35-17-9-3-10-18-35)32-52-44-26-38(34-15-7-2-8-16-34)22-24-42(44)48-28-40(30-50(45)54(48)52)36-19-11-4-12-20-36/h1-32H. The predicted molar refractivity (Wildman–Crippen MR) is 233 cm³/mol. The van der Waals surface area contributed by atoms with Gasteiger partial charge in [-0.15, -0.1) is 0 Å². The minimum atomic E-state index is 1.24. The Bertz CT molecular complexity index is 3150. The Balaban J connectivity index is 1.28. The molecule has 0 saturated carbocycles. The van der Waals surface area contributed by atoms with E-state index < -0.39 is 0 Å². The molecule has 0 heterocycles. The van der Waals surface area contributed by atoms with E-state index in [4.69, 9.17) is 0 Å². The number of fused-ring (bicyclic) bond motifs is 9. The van der Waals surface area contributed by atoms with E-state index >= 15 is 0 Å². The average molecular weight is 681 g/mol. The van der Waals surface area contributed by atoms with Gasteiger partial charge in [0.2, 0.25) is 0 Å². The zero-order valence-electron chi connectivity index (χ0n) is 29.5. The fourth-order valence-electron chi connectivity index (χ4n) is 9.39. The summed E-state index contributed by atoms with van der Waals surface area (Å²) in [5.41, 5.74) is 9.94. The quantitative estimate of drug-likeness (QED) is 0.162. The van der Waals surface area contributed by atoms with Crippen molar-refractivity contribution in [2.75, 3.05) is 0 Å². The van der Waals surface area contributed by atoms with Crippen molar-refractivity contribution in [1.82, 2.24) is 0 Å². The summed E-state index contributed by atoms with van der Waals surface area (Å²) in [5.74, 6) is 0. The van der Waals surface area contributed by atoms with Crippen molar-refractivity contribution in [3.63, 3.8) is 0 Å². The van der Waals surface area contributed by atoms with Crippen LogP contribution in [0.1, 0.15) is 0 Å². The summed E-state index contributed by atoms with van der Waals surface area (Å²) >= 11 is 0. The van der Waals surface area contributed by atoms with Crippen molar-refractivity contribution < 1.29 is 0 Å². The van der Waals surface area contributed by atoms with Gasteiger partial charge in [0, 0.05) is 0 Å². The first-order chi connectivity index (χ1) is 26.8. The molecule has 0 unspecified atom stereocenters. The molecule has 0 spiro atoms. The molecule has 0 amide bonds. The van der Waals surface area contributed by atoms with Gasteiger partial charge in [-0.1, -0.05) is 146 Å². The highest BCUT2D eigenvalue weighted by Gasteiger charge is 2.22. The fourth-order valence-corrected chi connectivity index (χ4v) is 9.39. The van der Waals surface area contributed by atoms with Crippen LogP contribution in [0.3, 0.4) is 0 Å². The normalized spacial score (nSPS) is 12.1. The number of hydrogen-bond donors (Lipinski definition) is 0. The zero-order valence-corrected chi connectivity index (χ0v) is 29.5. The minimum absolute atomic E-state index is 1.24. The van der Waals surface area contributed by atoms with Gasteiger partial charge in [0.15, 0.2) is 0 Å². The maximum Gasteiger partial charge on any atom is -0.00195 e. The molecule has 12 rings (SSSR count). The smallest absolute Gasteiger partial charge is 0.00195 e. The lowest BCUT2D eigenvalue weighted by molar-refractivity contribution is 1.65. The summed E-state index contributed by atoms with van der Waals surface area (Å²) < 4.78 is 0. The van der Waals surface area contributed by atoms with Crippen LogP contribution in [0, 0.1) is 0 Å². The van der Waals surface area contributed by atoms with Crippen molar-refractivity contribution in [2.45, 2.75) is 0 Å². The van der Waals surface area contributed by atoms with Crippen LogP contribution in [0.15, 0.2) is 194 Å². The molecule has 0 atom stereocenters. The second-order valence-corrected chi connectivity index (χ2v) is 14.8. The molecule has 0 aromatic heterocycles. The molecule has 54 heavy (non-hydrogen) atoms. The zero-order chi connectivity index (χ0) is 35.3. The van der Waals surface area contributed by atoms with E-state index in [1.807, 2.05) is 0 Å². The third-order valence-electron chi connectivity index (χ3n) is 11.9. The maximum absolute atomic E-state index is 2.51. The molecule has 12 aromatic carbocycles. The Hall–Kier alpha value is -7.02. The molecule has 0 aliphatic carbocycles. The van der Waals surface area contributed by atoms with Crippen molar-refractivity contribution in [3.05, 3.63) is 194 Å². The van der Waals surface area contributed by atoms with E-state index in [1.165, 1.54) is 120 Å². The molecule has 0 radical (unpaired) electrons. The van der Waals surface area contributed by atoms with E-state index in [-0.39, 0.29) is 0 Å². The van der Waals surface area contributed by atoms with Gasteiger partial charge in [-0.2, -0.15) is 0 Å². The Morgan fingerprint density at radius 1 is 0.148 bits per heavy atom. The van der Waals surface area contributed by atoms with Crippen LogP contribution in [0.5, 0.6) is 0 Å². The highest BCUT2D eigenvalue weighted by Crippen LogP contribution is 2.50. The lowest BCUT2D eigenvalue weighted by atomic mass is 9.90. The largest absolute Gasteiger partial charge is 0.0622 e. The van der Waals surface area contributed by atoms with Crippen LogP contribution >= 0.6 is 0 Å². The van der Waals surface area contributed by atoms with E-state index in [9.17, 15) is 0 Å². The first-order valence-corrected chi connectivity index (χ1v) is 18.8. The van der Waals surface area contributed by atoms with Crippen molar-refractivity contribution in [2.24, 2.45) is 0 Å². The monoisotopic (exact) mass is 680 g/mol. The highest BCUT2D eigenvalue weighted by molar-refractivity contribution is 6.41. The van der Waals surface area contributed by atoms with Crippen LogP contribution in [0.25, 0.3) is 120 Å². The lowest BCUT2D eigenvalue weighted by Crippen LogP contribution is -1.86. The highest BCUT2D eigenvalue weighted by atomic mass is 14.2. The molecule has 0 bridgehead atoms. The number of rotatable bonds is 4. The van der Waals surface area contributed by atoms with Gasteiger partial charge in [0.1, 0.15) is 0 Å². The van der Waals surface area contributed by atoms with Gasteiger partial charge in [0.25, 0.3) is 0 Å². The molecule has 0 aliphatic rings. The number of hydrogen-bond acceptors (Lipinski definition) is 0. The SMILES string of the molecule is c1ccc(-c2ccc3c(c2)c2cc4c(cc5c6cc(-c7ccccc7)ccc6c6cc(-c7ccccc7)cc4c65)c4cc(-c5ccccc5)cc3c42)cc1. The van der Waals surface area contributed by atoms with Gasteiger partial charge in [0.05, 0.1) is 0 Å². The molecular weight excluding hydrogens is 649 g/mol. The fraction of sp³-hybridized carbons (Fsp3) is 0. The molecule has 0 nitrogen and oxygen atoms in total. The van der Waals surface area contributed by atoms with E-state index in [0.717, 1.165) is 0 Å². The van der Waals surface area contributed by atoms with Gasteiger partial charge >= 0.3 is 0 Å². The molecule has 0 N–H and O–H groups in total. The van der Waals surface area contributed by atoms with Crippen LogP contribution in [0.4, 0.5) is 0 Å². The summed E-state index contributed by atoms with van der Waals surface area (Å²) in [6, 6.07) is 72.3. The summed E-state index contributed by atoms with van der Waals surface area (Å²) in [4.78, 5) is 0. The third-order valence-corrected chi connectivity index (χ3v) is 11.9. The topological polar surface area (TPSA) is 0 Å². The molecule has 248 valence electrons. The molecule has 0 aliphatic heterocycles.